The highest BCUT2D eigenvalue weighted by Crippen LogP contribution is 2.36. The van der Waals surface area contributed by atoms with Crippen molar-refractivity contribution in [3.05, 3.63) is 60.1 Å². The van der Waals surface area contributed by atoms with Gasteiger partial charge in [0, 0.05) is 38.5 Å². The van der Waals surface area contributed by atoms with Crippen LogP contribution >= 0.6 is 11.3 Å². The number of anilines is 2. The average Bonchev–Trinajstić information content (AvgIpc) is 3.28. The molecule has 0 radical (unpaired) electrons. The summed E-state index contributed by atoms with van der Waals surface area (Å²) in [7, 11) is 0. The molecule has 0 aliphatic heterocycles. The summed E-state index contributed by atoms with van der Waals surface area (Å²) in [5.41, 5.74) is 7.65. The van der Waals surface area contributed by atoms with E-state index < -0.39 is 0 Å². The first-order valence-corrected chi connectivity index (χ1v) is 9.66. The van der Waals surface area contributed by atoms with E-state index in [0.717, 1.165) is 20.5 Å². The average molecular weight is 392 g/mol. The SMILES string of the molecule is CC(C)(C)c1cc(C(=O)Nc2ccc3sc(-c4cccnc4N)cc3c2)no1. The van der Waals surface area contributed by atoms with Crippen LogP contribution in [0.15, 0.2) is 53.2 Å². The summed E-state index contributed by atoms with van der Waals surface area (Å²) in [6.07, 6.45) is 1.68. The van der Waals surface area contributed by atoms with Gasteiger partial charge in [-0.3, -0.25) is 4.79 Å². The number of hydrogen-bond donors (Lipinski definition) is 2. The molecule has 0 aliphatic rings. The second kappa shape index (κ2) is 6.76. The first kappa shape index (κ1) is 18.2. The van der Waals surface area contributed by atoms with Crippen molar-refractivity contribution in [2.24, 2.45) is 0 Å². The molecule has 1 amide bonds. The molecule has 3 aromatic heterocycles. The van der Waals surface area contributed by atoms with Crippen LogP contribution in [0, 0.1) is 0 Å². The van der Waals surface area contributed by atoms with Crippen LogP contribution < -0.4 is 11.1 Å². The first-order chi connectivity index (χ1) is 13.3. The molecule has 0 unspecified atom stereocenters. The fourth-order valence-electron chi connectivity index (χ4n) is 2.81. The van der Waals surface area contributed by atoms with Gasteiger partial charge in [0.25, 0.3) is 5.91 Å². The highest BCUT2D eigenvalue weighted by Gasteiger charge is 2.22. The minimum Gasteiger partial charge on any atom is -0.383 e. The van der Waals surface area contributed by atoms with Crippen LogP contribution in [-0.4, -0.2) is 16.0 Å². The summed E-state index contributed by atoms with van der Waals surface area (Å²) in [6, 6.07) is 13.3. The number of nitrogens with zero attached hydrogens (tertiary/aromatic N) is 2. The number of fused-ring (bicyclic) bond motifs is 1. The Kier molecular flexibility index (Phi) is 4.39. The molecule has 1 aromatic carbocycles. The molecule has 28 heavy (non-hydrogen) atoms. The standard InChI is InChI=1S/C21H20N4O2S/c1-21(2,3)18-11-15(25-27-18)20(26)24-13-6-7-16-12(9-13)10-17(28-16)14-5-4-8-23-19(14)22/h4-11H,1-3H3,(H2,22,23)(H,24,26). The van der Waals surface area contributed by atoms with Crippen LogP contribution in [0.4, 0.5) is 11.5 Å². The van der Waals surface area contributed by atoms with Crippen molar-refractivity contribution in [3.63, 3.8) is 0 Å². The van der Waals surface area contributed by atoms with Gasteiger partial charge >= 0.3 is 0 Å². The molecule has 142 valence electrons. The Bertz CT molecular complexity index is 1170. The van der Waals surface area contributed by atoms with Crippen LogP contribution in [0.25, 0.3) is 20.5 Å². The molecule has 6 nitrogen and oxygen atoms in total. The fourth-order valence-corrected chi connectivity index (χ4v) is 3.89. The molecule has 4 rings (SSSR count). The van der Waals surface area contributed by atoms with Crippen molar-refractivity contribution in [2.45, 2.75) is 26.2 Å². The Labute approximate surface area is 166 Å². The molecule has 0 spiro atoms. The summed E-state index contributed by atoms with van der Waals surface area (Å²) >= 11 is 1.63. The number of amides is 1. The maximum Gasteiger partial charge on any atom is 0.277 e. The summed E-state index contributed by atoms with van der Waals surface area (Å²) < 4.78 is 6.40. The van der Waals surface area contributed by atoms with Gasteiger partial charge in [-0.25, -0.2) is 4.98 Å². The molecular weight excluding hydrogens is 372 g/mol. The van der Waals surface area contributed by atoms with Crippen molar-refractivity contribution in [2.75, 3.05) is 11.1 Å². The van der Waals surface area contributed by atoms with Crippen LogP contribution in [0.3, 0.4) is 0 Å². The Morgan fingerprint density at radius 3 is 2.71 bits per heavy atom. The van der Waals surface area contributed by atoms with Crippen molar-refractivity contribution < 1.29 is 9.32 Å². The minimum atomic E-state index is -0.300. The van der Waals surface area contributed by atoms with Gasteiger partial charge in [-0.05, 0) is 41.8 Å². The number of aromatic nitrogens is 2. The topological polar surface area (TPSA) is 94.0 Å². The van der Waals surface area contributed by atoms with Gasteiger partial charge in [0.15, 0.2) is 5.69 Å². The monoisotopic (exact) mass is 392 g/mol. The van der Waals surface area contributed by atoms with Crippen LogP contribution in [0.1, 0.15) is 37.0 Å². The Morgan fingerprint density at radius 2 is 2.00 bits per heavy atom. The van der Waals surface area contributed by atoms with Crippen molar-refractivity contribution in [1.29, 1.82) is 0 Å². The lowest BCUT2D eigenvalue weighted by atomic mass is 9.93. The van der Waals surface area contributed by atoms with E-state index in [-0.39, 0.29) is 17.0 Å². The molecular formula is C21H20N4O2S. The van der Waals surface area contributed by atoms with Crippen LogP contribution in [-0.2, 0) is 5.41 Å². The van der Waals surface area contributed by atoms with E-state index in [1.165, 1.54) is 0 Å². The number of hydrogen-bond acceptors (Lipinski definition) is 6. The lowest BCUT2D eigenvalue weighted by Crippen LogP contribution is -2.12. The van der Waals surface area contributed by atoms with Gasteiger partial charge in [-0.15, -0.1) is 11.3 Å². The van der Waals surface area contributed by atoms with Gasteiger partial charge in [0.1, 0.15) is 11.6 Å². The number of rotatable bonds is 3. The molecule has 0 saturated heterocycles. The third-order valence-electron chi connectivity index (χ3n) is 4.36. The highest BCUT2D eigenvalue weighted by atomic mass is 32.1. The van der Waals surface area contributed by atoms with E-state index in [9.17, 15) is 4.79 Å². The first-order valence-electron chi connectivity index (χ1n) is 8.84. The second-order valence-electron chi connectivity index (χ2n) is 7.58. The van der Waals surface area contributed by atoms with Gasteiger partial charge in [0.05, 0.1) is 0 Å². The predicted octanol–water partition coefficient (Wildman–Crippen LogP) is 5.08. The van der Waals surface area contributed by atoms with Crippen molar-refractivity contribution in [3.8, 4) is 10.4 Å². The fraction of sp³-hybridized carbons (Fsp3) is 0.190. The quantitative estimate of drug-likeness (QED) is 0.507. The number of benzene rings is 1. The number of nitrogens with two attached hydrogens (primary N) is 1. The van der Waals surface area contributed by atoms with Crippen molar-refractivity contribution in [1.82, 2.24) is 10.1 Å². The largest absolute Gasteiger partial charge is 0.383 e. The third-order valence-corrected chi connectivity index (χ3v) is 5.51. The van der Waals surface area contributed by atoms with Gasteiger partial charge in [-0.1, -0.05) is 25.9 Å². The Morgan fingerprint density at radius 1 is 1.18 bits per heavy atom. The van der Waals surface area contributed by atoms with E-state index in [4.69, 9.17) is 10.3 Å². The summed E-state index contributed by atoms with van der Waals surface area (Å²) in [5.74, 6) is 0.874. The number of nitrogen functional groups attached to an aromatic ring is 1. The number of pyridine rings is 1. The van der Waals surface area contributed by atoms with Gasteiger partial charge in [-0.2, -0.15) is 0 Å². The normalized spacial score (nSPS) is 11.7. The van der Waals surface area contributed by atoms with E-state index >= 15 is 0 Å². The zero-order valence-electron chi connectivity index (χ0n) is 15.8. The maximum absolute atomic E-state index is 12.5. The van der Waals surface area contributed by atoms with Crippen molar-refractivity contribution >= 4 is 38.8 Å². The molecule has 0 saturated carbocycles. The number of carbonyl (C=O) groups is 1. The summed E-state index contributed by atoms with van der Waals surface area (Å²) in [6.45, 7) is 6.02. The Hall–Kier alpha value is -3.19. The summed E-state index contributed by atoms with van der Waals surface area (Å²) in [4.78, 5) is 17.7. The van der Waals surface area contributed by atoms with Crippen LogP contribution in [0.2, 0.25) is 0 Å². The molecule has 0 aliphatic carbocycles. The molecule has 0 fully saturated rings. The molecule has 0 bridgehead atoms. The lowest BCUT2D eigenvalue weighted by Gasteiger charge is -2.12. The highest BCUT2D eigenvalue weighted by molar-refractivity contribution is 7.22. The predicted molar refractivity (Wildman–Crippen MR) is 113 cm³/mol. The van der Waals surface area contributed by atoms with Gasteiger partial charge < -0.3 is 15.6 Å². The number of carbonyl (C=O) groups excluding carboxylic acids is 1. The Balaban J connectivity index is 1.59. The minimum absolute atomic E-state index is 0.203. The van der Waals surface area contributed by atoms with E-state index in [2.05, 4.69) is 21.5 Å². The number of thiophene rings is 1. The van der Waals surface area contributed by atoms with E-state index in [1.54, 1.807) is 23.6 Å². The smallest absolute Gasteiger partial charge is 0.277 e. The third kappa shape index (κ3) is 3.48. The molecule has 4 aromatic rings. The molecule has 3 heterocycles. The second-order valence-corrected chi connectivity index (χ2v) is 8.66. The van der Waals surface area contributed by atoms with Gasteiger partial charge in [0.2, 0.25) is 0 Å². The molecule has 3 N–H and O–H groups in total. The lowest BCUT2D eigenvalue weighted by molar-refractivity contribution is 0.101. The molecule has 0 atom stereocenters. The van der Waals surface area contributed by atoms with Crippen LogP contribution in [0.5, 0.6) is 0 Å². The molecule has 7 heteroatoms. The van der Waals surface area contributed by atoms with E-state index in [0.29, 0.717) is 17.3 Å². The van der Waals surface area contributed by atoms with E-state index in [1.807, 2.05) is 51.1 Å². The zero-order valence-corrected chi connectivity index (χ0v) is 16.6. The maximum atomic E-state index is 12.5. The summed E-state index contributed by atoms with van der Waals surface area (Å²) in [5, 5.41) is 7.80. The number of nitrogens with one attached hydrogen (secondary N) is 1. The zero-order chi connectivity index (χ0) is 19.9.